The molecule has 182 valence electrons. The fraction of sp³-hybridized carbons (Fsp3) is 0.318. The maximum absolute atomic E-state index is 13.9. The van der Waals surface area contributed by atoms with Crippen LogP contribution in [0.15, 0.2) is 36.5 Å². The van der Waals surface area contributed by atoms with Crippen molar-refractivity contribution in [3.8, 4) is 5.75 Å². The number of carbonyl (C=O) groups excluding carboxylic acids is 1. The van der Waals surface area contributed by atoms with Gasteiger partial charge in [-0.05, 0) is 44.0 Å². The third kappa shape index (κ3) is 5.80. The zero-order valence-electron chi connectivity index (χ0n) is 17.8. The number of carboxylic acids is 1. The standard InChI is InChI=1S/C22H20F5N3O4/c1-12-18(20(31)29-16(21(32)33)7-3-9-22(25,26)27)30-10-4-8-17(19(30)28-12)34-11-13-14(23)5-2-6-15(13)24/h2,4-6,8,10,16H,3,7,9,11H2,1H3,(H,29,31)(H,32,33). The highest BCUT2D eigenvalue weighted by Gasteiger charge is 2.29. The minimum absolute atomic E-state index is 0.0559. The van der Waals surface area contributed by atoms with Gasteiger partial charge in [0.15, 0.2) is 11.4 Å². The number of hydrogen-bond donors (Lipinski definition) is 2. The number of hydrogen-bond acceptors (Lipinski definition) is 4. The van der Waals surface area contributed by atoms with Gasteiger partial charge in [0.05, 0.1) is 11.3 Å². The molecule has 2 heterocycles. The number of fused-ring (bicyclic) bond motifs is 1. The Morgan fingerprint density at radius 1 is 1.18 bits per heavy atom. The molecule has 3 rings (SSSR count). The summed E-state index contributed by atoms with van der Waals surface area (Å²) >= 11 is 0. The molecule has 0 aliphatic rings. The first-order valence-corrected chi connectivity index (χ1v) is 10.1. The number of aromatic nitrogens is 2. The molecule has 0 saturated carbocycles. The maximum Gasteiger partial charge on any atom is 0.389 e. The van der Waals surface area contributed by atoms with E-state index >= 15 is 0 Å². The molecule has 0 aliphatic heterocycles. The average molecular weight is 485 g/mol. The summed E-state index contributed by atoms with van der Waals surface area (Å²) in [7, 11) is 0. The summed E-state index contributed by atoms with van der Waals surface area (Å²) in [5.74, 6) is -3.82. The van der Waals surface area contributed by atoms with Gasteiger partial charge in [-0.3, -0.25) is 9.20 Å². The minimum Gasteiger partial charge on any atom is -0.485 e. The lowest BCUT2D eigenvalue weighted by atomic mass is 10.1. The Morgan fingerprint density at radius 2 is 1.85 bits per heavy atom. The first-order chi connectivity index (χ1) is 16.0. The van der Waals surface area contributed by atoms with Crippen LogP contribution in [-0.2, 0) is 11.4 Å². The molecule has 7 nitrogen and oxygen atoms in total. The molecule has 1 amide bonds. The smallest absolute Gasteiger partial charge is 0.389 e. The Bertz CT molecular complexity index is 1190. The van der Waals surface area contributed by atoms with Gasteiger partial charge < -0.3 is 15.2 Å². The highest BCUT2D eigenvalue weighted by Crippen LogP contribution is 2.25. The van der Waals surface area contributed by atoms with Crippen LogP contribution < -0.4 is 10.1 Å². The summed E-state index contributed by atoms with van der Waals surface area (Å²) < 4.78 is 71.7. The van der Waals surface area contributed by atoms with Crippen LogP contribution >= 0.6 is 0 Å². The Hall–Kier alpha value is -3.70. The van der Waals surface area contributed by atoms with Gasteiger partial charge >= 0.3 is 12.1 Å². The van der Waals surface area contributed by atoms with Gasteiger partial charge in [-0.25, -0.2) is 18.6 Å². The number of aryl methyl sites for hydroxylation is 1. The fourth-order valence-electron chi connectivity index (χ4n) is 3.35. The normalized spacial score (nSPS) is 12.5. The zero-order chi connectivity index (χ0) is 25.0. The largest absolute Gasteiger partial charge is 0.485 e. The molecule has 0 fully saturated rings. The number of amides is 1. The molecule has 1 unspecified atom stereocenters. The Morgan fingerprint density at radius 3 is 2.47 bits per heavy atom. The molecule has 3 aromatic rings. The quantitative estimate of drug-likeness (QED) is 0.438. The van der Waals surface area contributed by atoms with E-state index in [9.17, 15) is 36.6 Å². The van der Waals surface area contributed by atoms with E-state index in [1.807, 2.05) is 0 Å². The van der Waals surface area contributed by atoms with E-state index in [1.165, 1.54) is 35.7 Å². The van der Waals surface area contributed by atoms with Crippen LogP contribution in [0, 0.1) is 18.6 Å². The number of aliphatic carboxylic acids is 1. The topological polar surface area (TPSA) is 92.9 Å². The number of ether oxygens (including phenoxy) is 1. The van der Waals surface area contributed by atoms with Gasteiger partial charge in [0.2, 0.25) is 0 Å². The molecular formula is C22H20F5N3O4. The second-order valence-corrected chi connectivity index (χ2v) is 7.47. The molecule has 0 bridgehead atoms. The molecular weight excluding hydrogens is 465 g/mol. The zero-order valence-corrected chi connectivity index (χ0v) is 17.8. The number of benzene rings is 1. The van der Waals surface area contributed by atoms with Crippen LogP contribution in [0.25, 0.3) is 5.65 Å². The first kappa shape index (κ1) is 24.9. The van der Waals surface area contributed by atoms with Crippen molar-refractivity contribution < 1.29 is 41.4 Å². The molecule has 0 radical (unpaired) electrons. The summed E-state index contributed by atoms with van der Waals surface area (Å²) in [5, 5.41) is 11.5. The summed E-state index contributed by atoms with van der Waals surface area (Å²) in [5.41, 5.74) is -0.0376. The van der Waals surface area contributed by atoms with E-state index in [4.69, 9.17) is 4.74 Å². The Kier molecular flexibility index (Phi) is 7.38. The Labute approximate surface area is 190 Å². The van der Waals surface area contributed by atoms with E-state index in [2.05, 4.69) is 10.3 Å². The van der Waals surface area contributed by atoms with E-state index in [1.54, 1.807) is 0 Å². The van der Waals surface area contributed by atoms with Crippen LogP contribution in [0.5, 0.6) is 5.75 Å². The van der Waals surface area contributed by atoms with Gasteiger partial charge in [0.25, 0.3) is 5.91 Å². The van der Waals surface area contributed by atoms with Crippen molar-refractivity contribution in [1.82, 2.24) is 14.7 Å². The van der Waals surface area contributed by atoms with Crippen molar-refractivity contribution >= 4 is 17.5 Å². The molecule has 0 spiro atoms. The third-order valence-corrected chi connectivity index (χ3v) is 4.99. The molecule has 1 atom stereocenters. The number of rotatable bonds is 9. The average Bonchev–Trinajstić information content (AvgIpc) is 3.08. The molecule has 12 heteroatoms. The highest BCUT2D eigenvalue weighted by molar-refractivity contribution is 5.97. The van der Waals surface area contributed by atoms with Crippen LogP contribution in [0.4, 0.5) is 22.0 Å². The molecule has 0 aliphatic carbocycles. The number of carboxylic acid groups (broad SMARTS) is 1. The summed E-state index contributed by atoms with van der Waals surface area (Å²) in [6, 6.07) is 4.79. The summed E-state index contributed by atoms with van der Waals surface area (Å²) in [6.45, 7) is 1.02. The molecule has 2 aromatic heterocycles. The number of pyridine rings is 1. The number of carbonyl (C=O) groups is 2. The lowest BCUT2D eigenvalue weighted by Gasteiger charge is -2.15. The third-order valence-electron chi connectivity index (χ3n) is 4.99. The van der Waals surface area contributed by atoms with Crippen molar-refractivity contribution in [2.24, 2.45) is 0 Å². The van der Waals surface area contributed by atoms with Crippen molar-refractivity contribution in [2.45, 2.75) is 45.0 Å². The van der Waals surface area contributed by atoms with Gasteiger partial charge in [-0.15, -0.1) is 0 Å². The van der Waals surface area contributed by atoms with E-state index < -0.39 is 61.6 Å². The summed E-state index contributed by atoms with van der Waals surface area (Å²) in [4.78, 5) is 28.5. The predicted octanol–water partition coefficient (Wildman–Crippen LogP) is 4.42. The lowest BCUT2D eigenvalue weighted by molar-refractivity contribution is -0.142. The summed E-state index contributed by atoms with van der Waals surface area (Å²) in [6.07, 6.45) is -5.06. The first-order valence-electron chi connectivity index (χ1n) is 10.1. The van der Waals surface area contributed by atoms with Crippen LogP contribution in [0.1, 0.15) is 41.0 Å². The monoisotopic (exact) mass is 485 g/mol. The predicted molar refractivity (Wildman–Crippen MR) is 109 cm³/mol. The molecule has 34 heavy (non-hydrogen) atoms. The van der Waals surface area contributed by atoms with E-state index in [0.717, 1.165) is 12.1 Å². The second-order valence-electron chi connectivity index (χ2n) is 7.47. The highest BCUT2D eigenvalue weighted by atomic mass is 19.4. The van der Waals surface area contributed by atoms with Crippen LogP contribution in [-0.4, -0.2) is 38.6 Å². The number of halogens is 5. The van der Waals surface area contributed by atoms with Gasteiger partial charge in [-0.1, -0.05) is 6.07 Å². The number of nitrogens with one attached hydrogen (secondary N) is 1. The van der Waals surface area contributed by atoms with Crippen molar-refractivity contribution in [1.29, 1.82) is 0 Å². The van der Waals surface area contributed by atoms with Gasteiger partial charge in [0, 0.05) is 12.6 Å². The van der Waals surface area contributed by atoms with E-state index in [0.29, 0.717) is 0 Å². The number of alkyl halides is 3. The number of nitrogens with zero attached hydrogens (tertiary/aromatic N) is 2. The molecule has 1 aromatic carbocycles. The second kappa shape index (κ2) is 10.1. The maximum atomic E-state index is 13.9. The Balaban J connectivity index is 1.81. The van der Waals surface area contributed by atoms with Crippen molar-refractivity contribution in [3.05, 3.63) is 65.1 Å². The molecule has 0 saturated heterocycles. The van der Waals surface area contributed by atoms with Crippen LogP contribution in [0.3, 0.4) is 0 Å². The van der Waals surface area contributed by atoms with Gasteiger partial charge in [0.1, 0.15) is 30.0 Å². The van der Waals surface area contributed by atoms with E-state index in [-0.39, 0.29) is 28.3 Å². The molecule has 2 N–H and O–H groups in total. The lowest BCUT2D eigenvalue weighted by Crippen LogP contribution is -2.41. The number of imidazole rings is 1. The van der Waals surface area contributed by atoms with Gasteiger partial charge in [-0.2, -0.15) is 13.2 Å². The van der Waals surface area contributed by atoms with Crippen molar-refractivity contribution in [3.63, 3.8) is 0 Å². The minimum atomic E-state index is -4.44. The fourth-order valence-corrected chi connectivity index (χ4v) is 3.35. The van der Waals surface area contributed by atoms with Crippen molar-refractivity contribution in [2.75, 3.05) is 0 Å². The SMILES string of the molecule is Cc1nc2c(OCc3c(F)cccc3F)cccn2c1C(=O)NC(CCCC(F)(F)F)C(=O)O. The van der Waals surface area contributed by atoms with Crippen LogP contribution in [0.2, 0.25) is 0 Å².